The Morgan fingerprint density at radius 2 is 1.82 bits per heavy atom. The van der Waals surface area contributed by atoms with Gasteiger partial charge in [0, 0.05) is 17.8 Å². The summed E-state index contributed by atoms with van der Waals surface area (Å²) < 4.78 is 0. The third-order valence-electron chi connectivity index (χ3n) is 5.40. The van der Waals surface area contributed by atoms with Gasteiger partial charge in [-0.3, -0.25) is 9.89 Å². The van der Waals surface area contributed by atoms with Gasteiger partial charge in [-0.1, -0.05) is 27.2 Å². The lowest BCUT2D eigenvalue weighted by molar-refractivity contribution is 0.0581. The normalized spacial score (nSPS) is 25.5. The third-order valence-corrected chi connectivity index (χ3v) is 5.40. The van der Waals surface area contributed by atoms with E-state index in [-0.39, 0.29) is 5.91 Å². The van der Waals surface area contributed by atoms with Crippen molar-refractivity contribution in [3.05, 3.63) is 17.5 Å². The molecule has 0 saturated heterocycles. The highest BCUT2D eigenvalue weighted by atomic mass is 16.2. The largest absolute Gasteiger partial charge is 0.331 e. The lowest BCUT2D eigenvalue weighted by Crippen LogP contribution is -2.44. The second kappa shape index (κ2) is 6.43. The van der Waals surface area contributed by atoms with Crippen LogP contribution in [0.1, 0.15) is 87.8 Å². The van der Waals surface area contributed by atoms with Crippen LogP contribution in [0.5, 0.6) is 0 Å². The standard InChI is InChI=1S/C18H29N3O/c1-4-13-5-7-14(8-6-13)21(15-9-10-15)18(22)17-11-16(12(2)3)19-20-17/h11-15H,4-10H2,1-3H3,(H,19,20). The van der Waals surface area contributed by atoms with E-state index in [0.29, 0.717) is 23.7 Å². The molecule has 2 aliphatic carbocycles. The number of hydrogen-bond acceptors (Lipinski definition) is 2. The fourth-order valence-corrected chi connectivity index (χ4v) is 3.69. The molecule has 0 aliphatic heterocycles. The maximum Gasteiger partial charge on any atom is 0.274 e. The summed E-state index contributed by atoms with van der Waals surface area (Å²) in [6, 6.07) is 2.84. The van der Waals surface area contributed by atoms with Crippen LogP contribution >= 0.6 is 0 Å². The van der Waals surface area contributed by atoms with E-state index >= 15 is 0 Å². The number of aromatic nitrogens is 2. The molecule has 4 nitrogen and oxygen atoms in total. The number of carbonyl (C=O) groups excluding carboxylic acids is 1. The van der Waals surface area contributed by atoms with Gasteiger partial charge in [-0.05, 0) is 56.4 Å². The minimum absolute atomic E-state index is 0.144. The van der Waals surface area contributed by atoms with E-state index in [1.54, 1.807) is 0 Å². The van der Waals surface area contributed by atoms with Crippen molar-refractivity contribution in [3.8, 4) is 0 Å². The molecule has 0 aromatic carbocycles. The Morgan fingerprint density at radius 3 is 2.27 bits per heavy atom. The van der Waals surface area contributed by atoms with E-state index in [4.69, 9.17) is 0 Å². The van der Waals surface area contributed by atoms with Crippen molar-refractivity contribution < 1.29 is 4.79 Å². The maximum absolute atomic E-state index is 13.0. The molecule has 1 heterocycles. The molecular weight excluding hydrogens is 274 g/mol. The van der Waals surface area contributed by atoms with Crippen LogP contribution in [-0.2, 0) is 0 Å². The molecule has 0 atom stereocenters. The van der Waals surface area contributed by atoms with Crippen LogP contribution in [0.3, 0.4) is 0 Å². The maximum atomic E-state index is 13.0. The summed E-state index contributed by atoms with van der Waals surface area (Å²) in [4.78, 5) is 15.1. The highest BCUT2D eigenvalue weighted by Crippen LogP contribution is 2.37. The zero-order valence-electron chi connectivity index (χ0n) is 14.1. The smallest absolute Gasteiger partial charge is 0.274 e. The molecule has 1 aromatic rings. The van der Waals surface area contributed by atoms with Gasteiger partial charge in [0.05, 0.1) is 0 Å². The molecule has 2 aliphatic rings. The van der Waals surface area contributed by atoms with Gasteiger partial charge in [-0.15, -0.1) is 0 Å². The fraction of sp³-hybridized carbons (Fsp3) is 0.778. The van der Waals surface area contributed by atoms with E-state index in [2.05, 4.69) is 35.9 Å². The van der Waals surface area contributed by atoms with Gasteiger partial charge in [-0.2, -0.15) is 5.10 Å². The van der Waals surface area contributed by atoms with Crippen molar-refractivity contribution in [2.45, 2.75) is 83.7 Å². The number of carbonyl (C=O) groups is 1. The SMILES string of the molecule is CCC1CCC(N(C(=O)c2cc(C(C)C)[nH]n2)C2CC2)CC1. The molecule has 0 unspecified atom stereocenters. The lowest BCUT2D eigenvalue weighted by Gasteiger charge is -2.36. The zero-order valence-corrected chi connectivity index (χ0v) is 14.1. The Labute approximate surface area is 133 Å². The quantitative estimate of drug-likeness (QED) is 0.890. The van der Waals surface area contributed by atoms with Crippen molar-refractivity contribution in [2.24, 2.45) is 5.92 Å². The zero-order chi connectivity index (χ0) is 15.7. The second-order valence-electron chi connectivity index (χ2n) is 7.39. The van der Waals surface area contributed by atoms with Gasteiger partial charge >= 0.3 is 0 Å². The van der Waals surface area contributed by atoms with Crippen molar-refractivity contribution in [3.63, 3.8) is 0 Å². The number of hydrogen-bond donors (Lipinski definition) is 1. The van der Waals surface area contributed by atoms with Crippen molar-refractivity contribution in [2.75, 3.05) is 0 Å². The molecule has 0 bridgehead atoms. The summed E-state index contributed by atoms with van der Waals surface area (Å²) in [6.45, 7) is 6.52. The molecule has 22 heavy (non-hydrogen) atoms. The summed E-state index contributed by atoms with van der Waals surface area (Å²) in [7, 11) is 0. The molecule has 122 valence electrons. The molecule has 1 aromatic heterocycles. The Morgan fingerprint density at radius 1 is 1.23 bits per heavy atom. The first-order chi connectivity index (χ1) is 10.6. The van der Waals surface area contributed by atoms with E-state index < -0.39 is 0 Å². The molecule has 1 amide bonds. The molecule has 3 rings (SSSR count). The second-order valence-corrected chi connectivity index (χ2v) is 7.39. The summed E-state index contributed by atoms with van der Waals surface area (Å²) in [6.07, 6.45) is 8.50. The first-order valence-electron chi connectivity index (χ1n) is 8.98. The van der Waals surface area contributed by atoms with E-state index in [1.807, 2.05) is 6.07 Å². The number of nitrogens with one attached hydrogen (secondary N) is 1. The fourth-order valence-electron chi connectivity index (χ4n) is 3.69. The van der Waals surface area contributed by atoms with E-state index in [9.17, 15) is 4.79 Å². The highest BCUT2D eigenvalue weighted by molar-refractivity contribution is 5.93. The summed E-state index contributed by atoms with van der Waals surface area (Å²) in [5.74, 6) is 1.39. The number of amides is 1. The predicted octanol–water partition coefficient (Wildman–Crippen LogP) is 4.11. The predicted molar refractivity (Wildman–Crippen MR) is 87.9 cm³/mol. The summed E-state index contributed by atoms with van der Waals surface area (Å²) in [5.41, 5.74) is 1.65. The average Bonchev–Trinajstić information content (AvgIpc) is 3.22. The first kappa shape index (κ1) is 15.6. The van der Waals surface area contributed by atoms with Crippen LogP contribution in [0.4, 0.5) is 0 Å². The number of rotatable bonds is 5. The van der Waals surface area contributed by atoms with E-state index in [1.165, 1.54) is 44.9 Å². The Bertz CT molecular complexity index is 510. The number of H-pyrrole nitrogens is 1. The first-order valence-corrected chi connectivity index (χ1v) is 8.98. The Hall–Kier alpha value is -1.32. The van der Waals surface area contributed by atoms with Crippen molar-refractivity contribution in [1.29, 1.82) is 0 Å². The molecular formula is C18H29N3O. The van der Waals surface area contributed by atoms with Crippen LogP contribution in [0, 0.1) is 5.92 Å². The molecule has 4 heteroatoms. The van der Waals surface area contributed by atoms with Gasteiger partial charge in [-0.25, -0.2) is 0 Å². The summed E-state index contributed by atoms with van der Waals surface area (Å²) in [5, 5.41) is 7.30. The molecule has 1 N–H and O–H groups in total. The van der Waals surface area contributed by atoms with Gasteiger partial charge in [0.15, 0.2) is 0 Å². The van der Waals surface area contributed by atoms with Gasteiger partial charge in [0.2, 0.25) is 0 Å². The topological polar surface area (TPSA) is 49.0 Å². The van der Waals surface area contributed by atoms with E-state index in [0.717, 1.165) is 11.6 Å². The highest BCUT2D eigenvalue weighted by Gasteiger charge is 2.39. The number of aromatic amines is 1. The van der Waals surface area contributed by atoms with Gasteiger partial charge < -0.3 is 4.90 Å². The monoisotopic (exact) mass is 303 g/mol. The average molecular weight is 303 g/mol. The van der Waals surface area contributed by atoms with Crippen LogP contribution in [-0.4, -0.2) is 33.1 Å². The lowest BCUT2D eigenvalue weighted by atomic mass is 9.83. The molecule has 0 radical (unpaired) electrons. The minimum Gasteiger partial charge on any atom is -0.331 e. The van der Waals surface area contributed by atoms with Crippen molar-refractivity contribution in [1.82, 2.24) is 15.1 Å². The molecule has 2 saturated carbocycles. The van der Waals surface area contributed by atoms with Gasteiger partial charge in [0.1, 0.15) is 5.69 Å². The third kappa shape index (κ3) is 3.21. The van der Waals surface area contributed by atoms with Crippen LogP contribution in [0.15, 0.2) is 6.07 Å². The number of nitrogens with zero attached hydrogens (tertiary/aromatic N) is 2. The Kier molecular flexibility index (Phi) is 4.55. The summed E-state index contributed by atoms with van der Waals surface area (Å²) >= 11 is 0. The van der Waals surface area contributed by atoms with Crippen LogP contribution < -0.4 is 0 Å². The molecule has 0 spiro atoms. The van der Waals surface area contributed by atoms with Crippen molar-refractivity contribution >= 4 is 5.91 Å². The Balaban J connectivity index is 1.72. The minimum atomic E-state index is 0.144. The van der Waals surface area contributed by atoms with Crippen LogP contribution in [0.2, 0.25) is 0 Å². The van der Waals surface area contributed by atoms with Gasteiger partial charge in [0.25, 0.3) is 5.91 Å². The molecule has 2 fully saturated rings. The van der Waals surface area contributed by atoms with Crippen LogP contribution in [0.25, 0.3) is 0 Å².